The summed E-state index contributed by atoms with van der Waals surface area (Å²) >= 11 is 12.9. The van der Waals surface area contributed by atoms with E-state index in [9.17, 15) is 4.79 Å². The number of ether oxygens (including phenoxy) is 1. The largest absolute Gasteiger partial charge is 0.376 e. The maximum Gasteiger partial charge on any atom is 0.257 e. The summed E-state index contributed by atoms with van der Waals surface area (Å²) in [6.07, 6.45) is 1.59. The summed E-state index contributed by atoms with van der Waals surface area (Å²) in [6.45, 7) is 1.25. The monoisotopic (exact) mass is 376 g/mol. The van der Waals surface area contributed by atoms with Crippen LogP contribution in [0, 0.1) is 0 Å². The predicted octanol–water partition coefficient (Wildman–Crippen LogP) is 4.74. The standard InChI is InChI=1S/C19H18Cl2N2O2/c20-14-7-3-8-15(21)17(14)18-22-16-9-2-1-6-13(16)19(24)23(18)11-12-5-4-10-25-12/h1-3,6-9,12,18,22H,4-5,10-11H2/t12-,18-/m1/s1. The molecule has 4 rings (SSSR count). The summed E-state index contributed by atoms with van der Waals surface area (Å²) in [5.74, 6) is -0.0363. The van der Waals surface area contributed by atoms with Gasteiger partial charge in [-0.05, 0) is 37.1 Å². The van der Waals surface area contributed by atoms with Crippen molar-refractivity contribution in [1.29, 1.82) is 0 Å². The maximum atomic E-state index is 13.2. The summed E-state index contributed by atoms with van der Waals surface area (Å²) in [4.78, 5) is 14.9. The maximum absolute atomic E-state index is 13.2. The summed E-state index contributed by atoms with van der Waals surface area (Å²) in [6, 6.07) is 12.9. The topological polar surface area (TPSA) is 41.6 Å². The molecule has 0 radical (unpaired) electrons. The fourth-order valence-electron chi connectivity index (χ4n) is 3.49. The van der Waals surface area contributed by atoms with Crippen LogP contribution >= 0.6 is 23.2 Å². The number of amides is 1. The quantitative estimate of drug-likeness (QED) is 0.840. The lowest BCUT2D eigenvalue weighted by Crippen LogP contribution is -2.46. The molecule has 1 fully saturated rings. The number of nitrogens with one attached hydrogen (secondary N) is 1. The summed E-state index contributed by atoms with van der Waals surface area (Å²) in [5.41, 5.74) is 2.16. The second-order valence-electron chi connectivity index (χ2n) is 6.32. The zero-order valence-corrected chi connectivity index (χ0v) is 15.1. The number of rotatable bonds is 3. The van der Waals surface area contributed by atoms with Gasteiger partial charge in [0.15, 0.2) is 0 Å². The van der Waals surface area contributed by atoms with Gasteiger partial charge in [0.2, 0.25) is 0 Å². The minimum Gasteiger partial charge on any atom is -0.376 e. The van der Waals surface area contributed by atoms with Crippen LogP contribution in [0.25, 0.3) is 0 Å². The number of halogens is 2. The number of hydrogen-bond acceptors (Lipinski definition) is 3. The highest BCUT2D eigenvalue weighted by Gasteiger charge is 2.36. The van der Waals surface area contributed by atoms with Gasteiger partial charge in [-0.25, -0.2) is 0 Å². The fourth-order valence-corrected chi connectivity index (χ4v) is 4.09. The Morgan fingerprint density at radius 2 is 1.88 bits per heavy atom. The molecule has 0 spiro atoms. The Kier molecular flexibility index (Phi) is 4.59. The highest BCUT2D eigenvalue weighted by Crippen LogP contribution is 2.39. The van der Waals surface area contributed by atoms with E-state index in [0.717, 1.165) is 25.1 Å². The number of hydrogen-bond donors (Lipinski definition) is 1. The molecule has 25 heavy (non-hydrogen) atoms. The van der Waals surface area contributed by atoms with Crippen molar-refractivity contribution in [1.82, 2.24) is 4.90 Å². The first-order valence-electron chi connectivity index (χ1n) is 8.37. The Morgan fingerprint density at radius 3 is 2.60 bits per heavy atom. The average molecular weight is 377 g/mol. The van der Waals surface area contributed by atoms with Gasteiger partial charge in [-0.2, -0.15) is 0 Å². The normalized spacial score (nSPS) is 22.6. The van der Waals surface area contributed by atoms with Crippen LogP contribution in [-0.4, -0.2) is 30.1 Å². The molecule has 0 aromatic heterocycles. The number of fused-ring (bicyclic) bond motifs is 1. The zero-order valence-electron chi connectivity index (χ0n) is 13.5. The van der Waals surface area contributed by atoms with Gasteiger partial charge in [0, 0.05) is 34.4 Å². The molecule has 6 heteroatoms. The van der Waals surface area contributed by atoms with Gasteiger partial charge in [0.1, 0.15) is 6.17 Å². The Labute approximate surface area is 156 Å². The number of carbonyl (C=O) groups excluding carboxylic acids is 1. The van der Waals surface area contributed by atoms with Gasteiger partial charge in [-0.1, -0.05) is 41.4 Å². The van der Waals surface area contributed by atoms with Crippen molar-refractivity contribution < 1.29 is 9.53 Å². The summed E-state index contributed by atoms with van der Waals surface area (Å²) < 4.78 is 5.75. The Bertz CT molecular complexity index is 786. The smallest absolute Gasteiger partial charge is 0.257 e. The van der Waals surface area contributed by atoms with Gasteiger partial charge in [-0.3, -0.25) is 4.79 Å². The number of anilines is 1. The first-order chi connectivity index (χ1) is 12.1. The van der Waals surface area contributed by atoms with Crippen molar-refractivity contribution in [3.63, 3.8) is 0 Å². The van der Waals surface area contributed by atoms with Gasteiger partial charge in [0.05, 0.1) is 11.7 Å². The van der Waals surface area contributed by atoms with E-state index in [1.165, 1.54) is 0 Å². The molecule has 1 saturated heterocycles. The number of para-hydroxylation sites is 1. The fraction of sp³-hybridized carbons (Fsp3) is 0.316. The van der Waals surface area contributed by atoms with Crippen molar-refractivity contribution in [2.75, 3.05) is 18.5 Å². The van der Waals surface area contributed by atoms with Gasteiger partial charge < -0.3 is 15.0 Å². The van der Waals surface area contributed by atoms with Crippen LogP contribution in [0.4, 0.5) is 5.69 Å². The predicted molar refractivity (Wildman–Crippen MR) is 99.3 cm³/mol. The molecule has 2 atom stereocenters. The molecule has 2 aliphatic rings. The van der Waals surface area contributed by atoms with Crippen LogP contribution in [0.2, 0.25) is 10.0 Å². The molecule has 0 saturated carbocycles. The highest BCUT2D eigenvalue weighted by atomic mass is 35.5. The molecule has 2 aromatic carbocycles. The lowest BCUT2D eigenvalue weighted by molar-refractivity contribution is 0.0427. The van der Waals surface area contributed by atoms with Crippen LogP contribution in [0.3, 0.4) is 0 Å². The molecule has 130 valence electrons. The SMILES string of the molecule is O=C1c2ccccc2N[C@@H](c2c(Cl)cccc2Cl)N1C[C@H]1CCCO1. The van der Waals surface area contributed by atoms with E-state index in [2.05, 4.69) is 5.32 Å². The second kappa shape index (κ2) is 6.87. The molecule has 0 aliphatic carbocycles. The molecule has 0 unspecified atom stereocenters. The number of carbonyl (C=O) groups is 1. The molecular weight excluding hydrogens is 359 g/mol. The van der Waals surface area contributed by atoms with E-state index in [0.29, 0.717) is 27.7 Å². The first-order valence-corrected chi connectivity index (χ1v) is 9.13. The molecule has 4 nitrogen and oxygen atoms in total. The van der Waals surface area contributed by atoms with Crippen LogP contribution in [0.15, 0.2) is 42.5 Å². The van der Waals surface area contributed by atoms with Crippen molar-refractivity contribution in [3.05, 3.63) is 63.6 Å². The molecule has 1 N–H and O–H groups in total. The van der Waals surface area contributed by atoms with E-state index < -0.39 is 6.17 Å². The number of nitrogens with zero attached hydrogens (tertiary/aromatic N) is 1. The van der Waals surface area contributed by atoms with E-state index in [4.69, 9.17) is 27.9 Å². The van der Waals surface area contributed by atoms with E-state index in [1.54, 1.807) is 23.1 Å². The van der Waals surface area contributed by atoms with Crippen LogP contribution in [0.1, 0.15) is 34.9 Å². The van der Waals surface area contributed by atoms with Crippen molar-refractivity contribution in [2.24, 2.45) is 0 Å². The van der Waals surface area contributed by atoms with Crippen LogP contribution < -0.4 is 5.32 Å². The molecule has 2 aliphatic heterocycles. The third-order valence-corrected chi connectivity index (χ3v) is 5.38. The Hall–Kier alpha value is -1.75. The molecule has 2 aromatic rings. The third-order valence-electron chi connectivity index (χ3n) is 4.72. The van der Waals surface area contributed by atoms with Crippen LogP contribution in [0.5, 0.6) is 0 Å². The zero-order chi connectivity index (χ0) is 17.4. The molecule has 2 heterocycles. The third kappa shape index (κ3) is 3.10. The van der Waals surface area contributed by atoms with Gasteiger partial charge in [-0.15, -0.1) is 0 Å². The van der Waals surface area contributed by atoms with Crippen molar-refractivity contribution >= 4 is 34.8 Å². The summed E-state index contributed by atoms with van der Waals surface area (Å²) in [5, 5.41) is 4.50. The first kappa shape index (κ1) is 16.7. The average Bonchev–Trinajstić information content (AvgIpc) is 3.11. The minimum atomic E-state index is -0.423. The van der Waals surface area contributed by atoms with Crippen molar-refractivity contribution in [2.45, 2.75) is 25.1 Å². The number of benzene rings is 2. The van der Waals surface area contributed by atoms with Gasteiger partial charge >= 0.3 is 0 Å². The Balaban J connectivity index is 1.77. The second-order valence-corrected chi connectivity index (χ2v) is 7.13. The Morgan fingerprint density at radius 1 is 1.12 bits per heavy atom. The lowest BCUT2D eigenvalue weighted by Gasteiger charge is -2.39. The van der Waals surface area contributed by atoms with E-state index >= 15 is 0 Å². The lowest BCUT2D eigenvalue weighted by atomic mass is 10.0. The molecular formula is C19H18Cl2N2O2. The summed E-state index contributed by atoms with van der Waals surface area (Å²) in [7, 11) is 0. The molecule has 1 amide bonds. The minimum absolute atomic E-state index is 0.0363. The van der Waals surface area contributed by atoms with E-state index in [-0.39, 0.29) is 12.0 Å². The van der Waals surface area contributed by atoms with Crippen LogP contribution in [-0.2, 0) is 4.74 Å². The van der Waals surface area contributed by atoms with Gasteiger partial charge in [0.25, 0.3) is 5.91 Å². The highest BCUT2D eigenvalue weighted by molar-refractivity contribution is 6.36. The van der Waals surface area contributed by atoms with E-state index in [1.807, 2.05) is 24.3 Å². The molecule has 0 bridgehead atoms. The van der Waals surface area contributed by atoms with Crippen molar-refractivity contribution in [3.8, 4) is 0 Å².